The minimum atomic E-state index is -0.170. The Morgan fingerprint density at radius 3 is 2.52 bits per heavy atom. The van der Waals surface area contributed by atoms with Gasteiger partial charge in [-0.05, 0) is 38.5 Å². The number of hydrogen-bond donors (Lipinski definition) is 1. The van der Waals surface area contributed by atoms with Gasteiger partial charge in [-0.2, -0.15) is 0 Å². The number of nitrogens with zero attached hydrogens (tertiary/aromatic N) is 1. The van der Waals surface area contributed by atoms with Crippen molar-refractivity contribution < 1.29 is 14.3 Å². The highest BCUT2D eigenvalue weighted by molar-refractivity contribution is 5.84. The number of nitrogens with one attached hydrogen (secondary N) is 1. The summed E-state index contributed by atoms with van der Waals surface area (Å²) in [7, 11) is 1.64. The molecular formula is C16H24N2O3. The van der Waals surface area contributed by atoms with Gasteiger partial charge in [-0.15, -0.1) is 0 Å². The molecule has 2 rings (SSSR count). The molecule has 0 bridgehead atoms. The van der Waals surface area contributed by atoms with Crippen LogP contribution in [0.4, 0.5) is 0 Å². The molecule has 116 valence electrons. The lowest BCUT2D eigenvalue weighted by molar-refractivity contribution is -0.130. The van der Waals surface area contributed by atoms with Crippen molar-refractivity contribution in [1.29, 1.82) is 0 Å². The van der Waals surface area contributed by atoms with E-state index in [1.165, 1.54) is 0 Å². The monoisotopic (exact) mass is 292 g/mol. The van der Waals surface area contributed by atoms with E-state index >= 15 is 0 Å². The lowest BCUT2D eigenvalue weighted by atomic mass is 10.1. The van der Waals surface area contributed by atoms with Crippen molar-refractivity contribution in [2.24, 2.45) is 0 Å². The van der Waals surface area contributed by atoms with Gasteiger partial charge in [-0.1, -0.05) is 12.1 Å². The molecule has 1 aromatic rings. The van der Waals surface area contributed by atoms with E-state index in [1.807, 2.05) is 49.9 Å². The van der Waals surface area contributed by atoms with Crippen molar-refractivity contribution in [2.45, 2.75) is 39.1 Å². The maximum Gasteiger partial charge on any atom is 0.241 e. The molecular weight excluding hydrogens is 268 g/mol. The molecule has 21 heavy (non-hydrogen) atoms. The molecule has 2 atom stereocenters. The summed E-state index contributed by atoms with van der Waals surface area (Å²) in [6.07, 6.45) is 0.0710. The Labute approximate surface area is 126 Å². The predicted octanol–water partition coefficient (Wildman–Crippen LogP) is 1.94. The second kappa shape index (κ2) is 6.91. The Morgan fingerprint density at radius 1 is 1.29 bits per heavy atom. The van der Waals surface area contributed by atoms with Crippen LogP contribution < -0.4 is 10.1 Å². The minimum Gasteiger partial charge on any atom is -0.497 e. The molecule has 1 aromatic carbocycles. The zero-order valence-electron chi connectivity index (χ0n) is 13.1. The summed E-state index contributed by atoms with van der Waals surface area (Å²) in [5.41, 5.74) is 1.05. The van der Waals surface area contributed by atoms with Crippen molar-refractivity contribution in [3.63, 3.8) is 0 Å². The second-order valence-corrected chi connectivity index (χ2v) is 5.52. The zero-order chi connectivity index (χ0) is 15.4. The average molecular weight is 292 g/mol. The van der Waals surface area contributed by atoms with E-state index < -0.39 is 0 Å². The molecule has 5 nitrogen and oxygen atoms in total. The zero-order valence-corrected chi connectivity index (χ0v) is 13.1. The third kappa shape index (κ3) is 3.74. The van der Waals surface area contributed by atoms with Crippen LogP contribution in [0.3, 0.4) is 0 Å². The first-order valence-corrected chi connectivity index (χ1v) is 7.35. The van der Waals surface area contributed by atoms with Crippen LogP contribution in [-0.2, 0) is 9.53 Å². The number of rotatable bonds is 6. The molecule has 1 fully saturated rings. The van der Waals surface area contributed by atoms with Gasteiger partial charge in [0.1, 0.15) is 11.9 Å². The van der Waals surface area contributed by atoms with Gasteiger partial charge >= 0.3 is 0 Å². The van der Waals surface area contributed by atoms with Gasteiger partial charge in [0.05, 0.1) is 25.9 Å². The molecule has 0 saturated carbocycles. The van der Waals surface area contributed by atoms with Crippen LogP contribution in [0.1, 0.15) is 32.5 Å². The van der Waals surface area contributed by atoms with Crippen molar-refractivity contribution in [1.82, 2.24) is 10.2 Å². The SMILES string of the molecule is COc1ccc(C2NC(C)C(=O)N2CCOC(C)C)cc1. The maximum atomic E-state index is 12.3. The number of hydrogen-bond acceptors (Lipinski definition) is 4. The van der Waals surface area contributed by atoms with E-state index in [-0.39, 0.29) is 24.2 Å². The van der Waals surface area contributed by atoms with Gasteiger partial charge in [0.25, 0.3) is 0 Å². The summed E-state index contributed by atoms with van der Waals surface area (Å²) in [6, 6.07) is 7.62. The van der Waals surface area contributed by atoms with Gasteiger partial charge in [-0.3, -0.25) is 10.1 Å². The Morgan fingerprint density at radius 2 is 1.95 bits per heavy atom. The number of carbonyl (C=O) groups excluding carboxylic acids is 1. The first-order chi connectivity index (χ1) is 10.0. The van der Waals surface area contributed by atoms with E-state index in [9.17, 15) is 4.79 Å². The van der Waals surface area contributed by atoms with Crippen LogP contribution >= 0.6 is 0 Å². The van der Waals surface area contributed by atoms with E-state index in [2.05, 4.69) is 5.32 Å². The second-order valence-electron chi connectivity index (χ2n) is 5.52. The summed E-state index contributed by atoms with van der Waals surface area (Å²) in [5, 5.41) is 3.33. The third-order valence-corrected chi connectivity index (χ3v) is 3.59. The third-order valence-electron chi connectivity index (χ3n) is 3.59. The van der Waals surface area contributed by atoms with Crippen LogP contribution in [0, 0.1) is 0 Å². The smallest absolute Gasteiger partial charge is 0.241 e. The summed E-state index contributed by atoms with van der Waals surface area (Å²) in [6.45, 7) is 7.01. The summed E-state index contributed by atoms with van der Waals surface area (Å²) < 4.78 is 10.7. The van der Waals surface area contributed by atoms with Crippen molar-refractivity contribution in [2.75, 3.05) is 20.3 Å². The fraction of sp³-hybridized carbons (Fsp3) is 0.562. The highest BCUT2D eigenvalue weighted by atomic mass is 16.5. The lowest BCUT2D eigenvalue weighted by Crippen LogP contribution is -2.34. The molecule has 1 aliphatic rings. The number of carbonyl (C=O) groups is 1. The van der Waals surface area contributed by atoms with Crippen LogP contribution in [-0.4, -0.2) is 43.2 Å². The van der Waals surface area contributed by atoms with Crippen molar-refractivity contribution in [3.05, 3.63) is 29.8 Å². The van der Waals surface area contributed by atoms with Crippen LogP contribution in [0.25, 0.3) is 0 Å². The molecule has 1 amide bonds. The van der Waals surface area contributed by atoms with Gasteiger partial charge in [0.2, 0.25) is 5.91 Å². The van der Waals surface area contributed by atoms with Crippen molar-refractivity contribution >= 4 is 5.91 Å². The highest BCUT2D eigenvalue weighted by Crippen LogP contribution is 2.26. The summed E-state index contributed by atoms with van der Waals surface area (Å²) >= 11 is 0. The molecule has 1 heterocycles. The standard InChI is InChI=1S/C16H24N2O3/c1-11(2)21-10-9-18-15(17-12(3)16(18)19)13-5-7-14(20-4)8-6-13/h5-8,11-12,15,17H,9-10H2,1-4H3. The first kappa shape index (κ1) is 15.8. The van der Waals surface area contributed by atoms with Crippen LogP contribution in [0.5, 0.6) is 5.75 Å². The summed E-state index contributed by atoms with van der Waals surface area (Å²) in [4.78, 5) is 14.1. The fourth-order valence-electron chi connectivity index (χ4n) is 2.46. The van der Waals surface area contributed by atoms with Gasteiger partial charge in [0.15, 0.2) is 0 Å². The maximum absolute atomic E-state index is 12.3. The predicted molar refractivity (Wildman–Crippen MR) is 81.1 cm³/mol. The molecule has 1 N–H and O–H groups in total. The molecule has 0 spiro atoms. The van der Waals surface area contributed by atoms with Gasteiger partial charge in [-0.25, -0.2) is 0 Å². The Balaban J connectivity index is 2.09. The van der Waals surface area contributed by atoms with E-state index in [0.29, 0.717) is 13.2 Å². The highest BCUT2D eigenvalue weighted by Gasteiger charge is 2.36. The number of ether oxygens (including phenoxy) is 2. The molecule has 0 aromatic heterocycles. The largest absolute Gasteiger partial charge is 0.497 e. The van der Waals surface area contributed by atoms with E-state index in [4.69, 9.17) is 9.47 Å². The molecule has 0 radical (unpaired) electrons. The average Bonchev–Trinajstić information content (AvgIpc) is 2.75. The Kier molecular flexibility index (Phi) is 5.20. The lowest BCUT2D eigenvalue weighted by Gasteiger charge is -2.25. The molecule has 2 unspecified atom stereocenters. The van der Waals surface area contributed by atoms with Gasteiger partial charge < -0.3 is 14.4 Å². The van der Waals surface area contributed by atoms with Crippen LogP contribution in [0.2, 0.25) is 0 Å². The normalized spacial score (nSPS) is 22.1. The minimum absolute atomic E-state index is 0.103. The van der Waals surface area contributed by atoms with E-state index in [0.717, 1.165) is 11.3 Å². The van der Waals surface area contributed by atoms with Crippen molar-refractivity contribution in [3.8, 4) is 5.75 Å². The first-order valence-electron chi connectivity index (χ1n) is 7.35. The molecule has 0 aliphatic carbocycles. The fourth-order valence-corrected chi connectivity index (χ4v) is 2.46. The quantitative estimate of drug-likeness (QED) is 0.870. The molecule has 1 aliphatic heterocycles. The summed E-state index contributed by atoms with van der Waals surface area (Å²) in [5.74, 6) is 0.925. The number of methoxy groups -OCH3 is 1. The molecule has 1 saturated heterocycles. The van der Waals surface area contributed by atoms with Crippen LogP contribution in [0.15, 0.2) is 24.3 Å². The number of amides is 1. The molecule has 5 heteroatoms. The Bertz CT molecular complexity index is 473. The topological polar surface area (TPSA) is 50.8 Å². The Hall–Kier alpha value is -1.59. The van der Waals surface area contributed by atoms with E-state index in [1.54, 1.807) is 7.11 Å². The van der Waals surface area contributed by atoms with Gasteiger partial charge in [0, 0.05) is 6.54 Å². The number of benzene rings is 1.